The zero-order valence-corrected chi connectivity index (χ0v) is 14.2. The lowest BCUT2D eigenvalue weighted by Gasteiger charge is -2.39. The van der Waals surface area contributed by atoms with Crippen LogP contribution in [0.15, 0.2) is 46.6 Å². The molecule has 0 radical (unpaired) electrons. The summed E-state index contributed by atoms with van der Waals surface area (Å²) in [5.74, 6) is 0.282. The minimum Gasteiger partial charge on any atom is -0.354 e. The molecule has 4 N–H and O–H groups in total. The minimum atomic E-state index is -0.682. The Morgan fingerprint density at radius 2 is 1.78 bits per heavy atom. The first-order chi connectivity index (χ1) is 11.1. The minimum absolute atomic E-state index is 0.438. The van der Waals surface area contributed by atoms with Gasteiger partial charge in [0, 0.05) is 17.7 Å². The van der Waals surface area contributed by atoms with Crippen LogP contribution in [0.3, 0.4) is 0 Å². The van der Waals surface area contributed by atoms with Crippen molar-refractivity contribution >= 4 is 5.84 Å². The predicted molar refractivity (Wildman–Crippen MR) is 96.0 cm³/mol. The number of hydrogen-bond donors (Lipinski definition) is 3. The number of benzene rings is 1. The molecule has 4 heteroatoms. The van der Waals surface area contributed by atoms with Crippen LogP contribution in [0.5, 0.6) is 0 Å². The predicted octanol–water partition coefficient (Wildman–Crippen LogP) is 3.06. The van der Waals surface area contributed by atoms with Gasteiger partial charge in [-0.2, -0.15) is 0 Å². The molecule has 3 rings (SSSR count). The van der Waals surface area contributed by atoms with Gasteiger partial charge in [-0.25, -0.2) is 0 Å². The number of hydrogen-bond acceptors (Lipinski definition) is 3. The van der Waals surface area contributed by atoms with Gasteiger partial charge in [-0.3, -0.25) is 10.7 Å². The standard InChI is InChI=1S/C19H28N4/c1-14-15(2)22-19(20,13-16-9-5-3-6-10-16)23-18(14)21-17-11-7-4-8-12-17/h3,5-6,9-10,17,22H,4,7-8,11-13,20H2,1-2H3,(H,21,23). The van der Waals surface area contributed by atoms with E-state index in [-0.39, 0.29) is 0 Å². The summed E-state index contributed by atoms with van der Waals surface area (Å²) in [5.41, 5.74) is 10.1. The van der Waals surface area contributed by atoms with Crippen LogP contribution in [0.2, 0.25) is 0 Å². The van der Waals surface area contributed by atoms with Crippen molar-refractivity contribution in [1.82, 2.24) is 10.6 Å². The normalized spacial score (nSPS) is 27.7. The summed E-state index contributed by atoms with van der Waals surface area (Å²) in [6.45, 7) is 4.19. The molecule has 0 aromatic heterocycles. The largest absolute Gasteiger partial charge is 0.354 e. The Bertz CT molecular complexity index is 599. The van der Waals surface area contributed by atoms with Crippen molar-refractivity contribution in [3.63, 3.8) is 0 Å². The van der Waals surface area contributed by atoms with Crippen molar-refractivity contribution in [1.29, 1.82) is 0 Å². The lowest BCUT2D eigenvalue weighted by atomic mass is 9.95. The maximum Gasteiger partial charge on any atom is 0.166 e. The summed E-state index contributed by atoms with van der Waals surface area (Å²) in [7, 11) is 0. The van der Waals surface area contributed by atoms with Crippen LogP contribution in [0.4, 0.5) is 0 Å². The maximum atomic E-state index is 6.60. The van der Waals surface area contributed by atoms with Gasteiger partial charge in [-0.15, -0.1) is 0 Å². The molecule has 1 heterocycles. The fourth-order valence-electron chi connectivity index (χ4n) is 3.47. The number of rotatable bonds is 3. The van der Waals surface area contributed by atoms with Crippen LogP contribution in [-0.2, 0) is 6.42 Å². The molecule has 0 saturated heterocycles. The molecule has 1 aromatic carbocycles. The van der Waals surface area contributed by atoms with Crippen LogP contribution in [-0.4, -0.2) is 17.7 Å². The van der Waals surface area contributed by atoms with E-state index in [0.29, 0.717) is 12.5 Å². The van der Waals surface area contributed by atoms with E-state index < -0.39 is 5.79 Å². The molecule has 2 aliphatic rings. The van der Waals surface area contributed by atoms with Crippen molar-refractivity contribution in [3.8, 4) is 0 Å². The summed E-state index contributed by atoms with van der Waals surface area (Å²) >= 11 is 0. The van der Waals surface area contributed by atoms with Crippen molar-refractivity contribution in [2.24, 2.45) is 10.7 Å². The molecule has 1 saturated carbocycles. The SMILES string of the molecule is CC1=C(C)C(=NC2CCCCC2)NC(N)(Cc2ccccc2)N1. The van der Waals surface area contributed by atoms with Crippen molar-refractivity contribution < 1.29 is 0 Å². The fraction of sp³-hybridized carbons (Fsp3) is 0.526. The molecule has 1 aliphatic heterocycles. The Kier molecular flexibility index (Phi) is 4.71. The van der Waals surface area contributed by atoms with Crippen LogP contribution in [0.1, 0.15) is 51.5 Å². The summed E-state index contributed by atoms with van der Waals surface area (Å²) in [6.07, 6.45) is 7.03. The number of allylic oxidation sites excluding steroid dienone is 1. The second-order valence-electron chi connectivity index (χ2n) is 6.90. The highest BCUT2D eigenvalue weighted by molar-refractivity contribution is 5.99. The Morgan fingerprint density at radius 1 is 1.09 bits per heavy atom. The molecule has 1 atom stereocenters. The van der Waals surface area contributed by atoms with Crippen LogP contribution >= 0.6 is 0 Å². The second-order valence-corrected chi connectivity index (χ2v) is 6.90. The maximum absolute atomic E-state index is 6.60. The molecule has 0 amide bonds. The Labute approximate surface area is 139 Å². The highest BCUT2D eigenvalue weighted by Crippen LogP contribution is 2.23. The average Bonchev–Trinajstić information content (AvgIpc) is 2.54. The quantitative estimate of drug-likeness (QED) is 0.804. The van der Waals surface area contributed by atoms with Crippen LogP contribution in [0.25, 0.3) is 0 Å². The van der Waals surface area contributed by atoms with E-state index in [0.717, 1.165) is 11.5 Å². The molecule has 4 nitrogen and oxygen atoms in total. The summed E-state index contributed by atoms with van der Waals surface area (Å²) < 4.78 is 0. The molecule has 23 heavy (non-hydrogen) atoms. The first-order valence-electron chi connectivity index (χ1n) is 8.70. The van der Waals surface area contributed by atoms with E-state index in [1.165, 1.54) is 43.2 Å². The second kappa shape index (κ2) is 6.75. The zero-order valence-electron chi connectivity index (χ0n) is 14.2. The van der Waals surface area contributed by atoms with E-state index in [1.54, 1.807) is 0 Å². The van der Waals surface area contributed by atoms with Gasteiger partial charge in [0.2, 0.25) is 0 Å². The van der Waals surface area contributed by atoms with E-state index in [9.17, 15) is 0 Å². The van der Waals surface area contributed by atoms with Gasteiger partial charge in [0.1, 0.15) is 5.84 Å². The molecule has 0 spiro atoms. The molecule has 1 aromatic rings. The Morgan fingerprint density at radius 3 is 2.48 bits per heavy atom. The highest BCUT2D eigenvalue weighted by atomic mass is 15.3. The Hall–Kier alpha value is -1.81. The van der Waals surface area contributed by atoms with Gasteiger partial charge in [0.15, 0.2) is 5.79 Å². The first-order valence-corrected chi connectivity index (χ1v) is 8.70. The molecule has 0 bridgehead atoms. The summed E-state index contributed by atoms with van der Waals surface area (Å²) in [4.78, 5) is 4.99. The van der Waals surface area contributed by atoms with Gasteiger partial charge < -0.3 is 10.6 Å². The van der Waals surface area contributed by atoms with E-state index in [2.05, 4.69) is 36.6 Å². The number of aliphatic imine (C=N–C) groups is 1. The third-order valence-electron chi connectivity index (χ3n) is 4.88. The molecule has 124 valence electrons. The third-order valence-corrected chi connectivity index (χ3v) is 4.88. The van der Waals surface area contributed by atoms with Crippen molar-refractivity contribution in [2.45, 2.75) is 64.2 Å². The number of nitrogens with one attached hydrogen (secondary N) is 2. The number of amidine groups is 1. The smallest absolute Gasteiger partial charge is 0.166 e. The van der Waals surface area contributed by atoms with E-state index in [1.807, 2.05) is 18.2 Å². The first kappa shape index (κ1) is 16.1. The van der Waals surface area contributed by atoms with Gasteiger partial charge in [0.05, 0.1) is 6.04 Å². The summed E-state index contributed by atoms with van der Waals surface area (Å²) in [5, 5.41) is 6.89. The van der Waals surface area contributed by atoms with Gasteiger partial charge in [0.25, 0.3) is 0 Å². The molecular weight excluding hydrogens is 284 g/mol. The van der Waals surface area contributed by atoms with Crippen molar-refractivity contribution in [3.05, 3.63) is 47.2 Å². The number of nitrogens with zero attached hydrogens (tertiary/aromatic N) is 1. The third kappa shape index (κ3) is 3.94. The molecule has 1 aliphatic carbocycles. The fourth-order valence-corrected chi connectivity index (χ4v) is 3.47. The molecule has 1 fully saturated rings. The lowest BCUT2D eigenvalue weighted by Crippen LogP contribution is -2.69. The Balaban J connectivity index is 1.80. The monoisotopic (exact) mass is 312 g/mol. The van der Waals surface area contributed by atoms with Crippen LogP contribution in [0, 0.1) is 0 Å². The van der Waals surface area contributed by atoms with Gasteiger partial charge in [-0.1, -0.05) is 49.6 Å². The highest BCUT2D eigenvalue weighted by Gasteiger charge is 2.32. The lowest BCUT2D eigenvalue weighted by molar-refractivity contribution is 0.323. The van der Waals surface area contributed by atoms with Gasteiger partial charge in [-0.05, 0) is 32.3 Å². The topological polar surface area (TPSA) is 62.4 Å². The molecular formula is C19H28N4. The van der Waals surface area contributed by atoms with Gasteiger partial charge >= 0.3 is 0 Å². The molecule has 1 unspecified atom stereocenters. The zero-order chi connectivity index (χ0) is 16.3. The van der Waals surface area contributed by atoms with E-state index >= 15 is 0 Å². The summed E-state index contributed by atoms with van der Waals surface area (Å²) in [6, 6.07) is 10.8. The number of nitrogens with two attached hydrogens (primary N) is 1. The average molecular weight is 312 g/mol. The van der Waals surface area contributed by atoms with Crippen LogP contribution < -0.4 is 16.4 Å². The van der Waals surface area contributed by atoms with Crippen molar-refractivity contribution in [2.75, 3.05) is 0 Å². The van der Waals surface area contributed by atoms with E-state index in [4.69, 9.17) is 10.7 Å².